The van der Waals surface area contributed by atoms with Crippen molar-refractivity contribution in [3.05, 3.63) is 108 Å². The van der Waals surface area contributed by atoms with E-state index in [9.17, 15) is 45.5 Å². The summed E-state index contributed by atoms with van der Waals surface area (Å²) in [7, 11) is 0. The molecule has 0 aromatic heterocycles. The molecule has 0 saturated carbocycles. The van der Waals surface area contributed by atoms with Gasteiger partial charge >= 0.3 is 12.4 Å². The minimum absolute atomic E-state index is 0.0944. The van der Waals surface area contributed by atoms with Crippen LogP contribution in [0.1, 0.15) is 33.6 Å². The molecule has 0 aliphatic carbocycles. The van der Waals surface area contributed by atoms with Gasteiger partial charge < -0.3 is 9.47 Å². The monoisotopic (exact) mass is 638 g/mol. The molecule has 5 aromatic carbocycles. The number of hydrogen-bond donors (Lipinski definition) is 0. The summed E-state index contributed by atoms with van der Waals surface area (Å²) in [6.07, 6.45) is -12.8. The van der Waals surface area contributed by atoms with Gasteiger partial charge in [0.2, 0.25) is 11.6 Å². The maximum absolute atomic E-state index is 12.6. The molecule has 0 aliphatic heterocycles. The number of benzene rings is 5. The van der Waals surface area contributed by atoms with Crippen LogP contribution in [0.3, 0.4) is 0 Å². The third-order valence-electron chi connectivity index (χ3n) is 6.90. The Labute approximate surface area is 256 Å². The predicted octanol–water partition coefficient (Wildman–Crippen LogP) is 8.99. The minimum atomic E-state index is -5.11. The second kappa shape index (κ2) is 12.5. The average molecular weight is 639 g/mol. The molecule has 46 heavy (non-hydrogen) atoms. The molecule has 0 saturated heterocycles. The molecule has 0 N–H and O–H groups in total. The van der Waals surface area contributed by atoms with E-state index in [2.05, 4.69) is 0 Å². The van der Waals surface area contributed by atoms with Crippen molar-refractivity contribution in [2.45, 2.75) is 25.2 Å². The summed E-state index contributed by atoms with van der Waals surface area (Å²) in [5.74, 6) is -4.93. The van der Waals surface area contributed by atoms with Crippen LogP contribution in [-0.2, 0) is 9.59 Å². The van der Waals surface area contributed by atoms with Crippen molar-refractivity contribution in [3.8, 4) is 23.0 Å². The summed E-state index contributed by atoms with van der Waals surface area (Å²) in [5, 5.41) is 2.41. The van der Waals surface area contributed by atoms with Crippen LogP contribution in [0.2, 0.25) is 0 Å². The lowest BCUT2D eigenvalue weighted by Crippen LogP contribution is -2.25. The normalized spacial score (nSPS) is 11.8. The Hall–Kier alpha value is -5.52. The summed E-state index contributed by atoms with van der Waals surface area (Å²) in [5.41, 5.74) is -0.189. The number of fused-ring (bicyclic) bond motifs is 2. The highest BCUT2D eigenvalue weighted by Gasteiger charge is 2.40. The number of alkyl halides is 6. The molecule has 12 heteroatoms. The third-order valence-corrected chi connectivity index (χ3v) is 6.90. The molecule has 6 nitrogen and oxygen atoms in total. The van der Waals surface area contributed by atoms with Gasteiger partial charge in [0.25, 0.3) is 0 Å². The van der Waals surface area contributed by atoms with Gasteiger partial charge in [0.1, 0.15) is 23.0 Å². The minimum Gasteiger partial charge on any atom is -0.456 e. The van der Waals surface area contributed by atoms with E-state index in [4.69, 9.17) is 9.47 Å². The van der Waals surface area contributed by atoms with Gasteiger partial charge in [-0.25, -0.2) is 0 Å². The Bertz CT molecular complexity index is 1780. The lowest BCUT2D eigenvalue weighted by molar-refractivity contribution is -0.170. The lowest BCUT2D eigenvalue weighted by Gasteiger charge is -2.18. The quantitative estimate of drug-likeness (QED) is 0.0657. The number of carbonyl (C=O) groups is 4. The summed E-state index contributed by atoms with van der Waals surface area (Å²) in [4.78, 5) is 46.8. The van der Waals surface area contributed by atoms with Gasteiger partial charge in [-0.15, -0.1) is 0 Å². The number of hydrogen-bond acceptors (Lipinski definition) is 6. The molecule has 0 heterocycles. The van der Waals surface area contributed by atoms with E-state index in [-0.39, 0.29) is 22.6 Å². The number of carbonyl (C=O) groups excluding carboxylic acids is 4. The summed E-state index contributed by atoms with van der Waals surface area (Å²) in [6.45, 7) is 0. The zero-order valence-electron chi connectivity index (χ0n) is 23.4. The van der Waals surface area contributed by atoms with Gasteiger partial charge in [0, 0.05) is 32.7 Å². The summed E-state index contributed by atoms with van der Waals surface area (Å²) >= 11 is 0. The van der Waals surface area contributed by atoms with Gasteiger partial charge in [-0.3, -0.25) is 19.2 Å². The molecule has 0 aliphatic rings. The third kappa shape index (κ3) is 6.90. The Morgan fingerprint density at radius 2 is 0.739 bits per heavy atom. The Kier molecular flexibility index (Phi) is 8.64. The zero-order valence-corrected chi connectivity index (χ0v) is 23.4. The molecule has 0 spiro atoms. The maximum atomic E-state index is 12.6. The van der Waals surface area contributed by atoms with Gasteiger partial charge in [0.05, 0.1) is 12.8 Å². The van der Waals surface area contributed by atoms with E-state index in [1.807, 2.05) is 0 Å². The molecular weight excluding hydrogens is 618 g/mol. The van der Waals surface area contributed by atoms with Crippen molar-refractivity contribution in [1.82, 2.24) is 0 Å². The van der Waals surface area contributed by atoms with Crippen LogP contribution in [0.25, 0.3) is 21.5 Å². The molecule has 0 fully saturated rings. The number of ether oxygens (including phenoxy) is 2. The standard InChI is InChI=1S/C34H20F6O6/c35-33(36,37)29(43)17-27(41)19-9-13-21(14-10-19)45-31-23-5-1-2-6-24(23)32(26-8-4-3-7-25(26)31)46-22-15-11-20(12-16-22)28(42)18-30(44)34(38,39)40/h1-16H,17-18H2. The van der Waals surface area contributed by atoms with E-state index in [0.717, 1.165) is 0 Å². The molecule has 0 radical (unpaired) electrons. The van der Waals surface area contributed by atoms with Crippen LogP contribution < -0.4 is 9.47 Å². The first kappa shape index (κ1) is 31.9. The molecule has 0 amide bonds. The molecule has 5 aromatic rings. The van der Waals surface area contributed by atoms with E-state index in [0.29, 0.717) is 33.0 Å². The second-order valence-corrected chi connectivity index (χ2v) is 10.0. The van der Waals surface area contributed by atoms with Crippen molar-refractivity contribution < 1.29 is 55.0 Å². The van der Waals surface area contributed by atoms with Gasteiger partial charge in [-0.1, -0.05) is 48.5 Å². The number of halogens is 6. The first-order chi connectivity index (χ1) is 21.7. The Balaban J connectivity index is 1.44. The highest BCUT2D eigenvalue weighted by Crippen LogP contribution is 2.45. The van der Waals surface area contributed by atoms with Gasteiger partial charge in [-0.05, 0) is 48.5 Å². The first-order valence-electron chi connectivity index (χ1n) is 13.5. The fourth-order valence-corrected chi connectivity index (χ4v) is 4.62. The smallest absolute Gasteiger partial charge is 0.450 e. The van der Waals surface area contributed by atoms with Crippen molar-refractivity contribution in [1.29, 1.82) is 0 Å². The molecule has 0 atom stereocenters. The largest absolute Gasteiger partial charge is 0.456 e. The molecule has 5 rings (SSSR count). The second-order valence-electron chi connectivity index (χ2n) is 10.0. The van der Waals surface area contributed by atoms with E-state index < -0.39 is 48.3 Å². The van der Waals surface area contributed by atoms with Crippen LogP contribution in [0, 0.1) is 0 Å². The Morgan fingerprint density at radius 1 is 0.457 bits per heavy atom. The zero-order chi connectivity index (χ0) is 33.2. The van der Waals surface area contributed by atoms with E-state index in [1.165, 1.54) is 48.5 Å². The molecule has 0 bridgehead atoms. The van der Waals surface area contributed by atoms with Crippen molar-refractivity contribution in [3.63, 3.8) is 0 Å². The predicted molar refractivity (Wildman–Crippen MR) is 155 cm³/mol. The van der Waals surface area contributed by atoms with Crippen LogP contribution in [0.4, 0.5) is 26.3 Å². The molecular formula is C34H20F6O6. The van der Waals surface area contributed by atoms with Gasteiger partial charge in [0.15, 0.2) is 11.6 Å². The summed E-state index contributed by atoms with van der Waals surface area (Å²) < 4.78 is 87.8. The summed E-state index contributed by atoms with van der Waals surface area (Å²) in [6, 6.07) is 24.7. The van der Waals surface area contributed by atoms with Gasteiger partial charge in [-0.2, -0.15) is 26.3 Å². The topological polar surface area (TPSA) is 86.7 Å². The lowest BCUT2D eigenvalue weighted by atomic mass is 10.0. The SMILES string of the molecule is O=C(CC(=O)C(F)(F)F)c1ccc(Oc2c3ccccc3c(Oc3ccc(C(=O)CC(=O)C(F)(F)F)cc3)c3ccccc23)cc1. The van der Waals surface area contributed by atoms with Crippen molar-refractivity contribution in [2.75, 3.05) is 0 Å². The van der Waals surface area contributed by atoms with Crippen molar-refractivity contribution >= 4 is 44.7 Å². The number of rotatable bonds is 10. The first-order valence-corrected chi connectivity index (χ1v) is 13.5. The van der Waals surface area contributed by atoms with E-state index >= 15 is 0 Å². The van der Waals surface area contributed by atoms with Crippen LogP contribution in [0.15, 0.2) is 97.1 Å². The highest BCUT2D eigenvalue weighted by molar-refractivity contribution is 6.12. The maximum Gasteiger partial charge on any atom is 0.450 e. The van der Waals surface area contributed by atoms with E-state index in [1.54, 1.807) is 48.5 Å². The average Bonchev–Trinajstić information content (AvgIpc) is 3.02. The molecule has 0 unspecified atom stereocenters. The molecule has 234 valence electrons. The van der Waals surface area contributed by atoms with Crippen LogP contribution in [-0.4, -0.2) is 35.5 Å². The van der Waals surface area contributed by atoms with Crippen molar-refractivity contribution in [2.24, 2.45) is 0 Å². The number of ketones is 4. The number of Topliss-reactive ketones (excluding diaryl/α,β-unsaturated/α-hetero) is 4. The highest BCUT2D eigenvalue weighted by atomic mass is 19.4. The fraction of sp³-hybridized carbons (Fsp3) is 0.118. The van der Waals surface area contributed by atoms with Crippen LogP contribution >= 0.6 is 0 Å². The van der Waals surface area contributed by atoms with Crippen LogP contribution in [0.5, 0.6) is 23.0 Å². The fourth-order valence-electron chi connectivity index (χ4n) is 4.62. The Morgan fingerprint density at radius 3 is 1.00 bits per heavy atom.